The molecule has 2 aliphatic heterocycles. The number of nitrogens with two attached hydrogens (primary N) is 1. The molecule has 4 N–H and O–H groups in total. The molecule has 2 aliphatic rings. The molecule has 0 saturated carbocycles. The topological polar surface area (TPSA) is 111 Å². The first-order valence-corrected chi connectivity index (χ1v) is 12.9. The number of halogens is 4. The number of piperazine rings is 1. The Morgan fingerprint density at radius 1 is 1.11 bits per heavy atom. The molecule has 38 heavy (non-hydrogen) atoms. The van der Waals surface area contributed by atoms with Gasteiger partial charge in [-0.1, -0.05) is 11.6 Å². The van der Waals surface area contributed by atoms with E-state index in [2.05, 4.69) is 32.1 Å². The molecule has 9 nitrogen and oxygen atoms in total. The summed E-state index contributed by atoms with van der Waals surface area (Å²) in [5.74, 6) is -1.18. The highest BCUT2D eigenvalue weighted by atomic mass is 35.5. The van der Waals surface area contributed by atoms with Gasteiger partial charge in [-0.3, -0.25) is 9.69 Å². The van der Waals surface area contributed by atoms with Gasteiger partial charge >= 0.3 is 6.18 Å². The lowest BCUT2D eigenvalue weighted by Gasteiger charge is -2.43. The average molecular weight is 556 g/mol. The van der Waals surface area contributed by atoms with E-state index in [0.29, 0.717) is 19.1 Å². The van der Waals surface area contributed by atoms with Crippen LogP contribution < -0.4 is 16.0 Å². The molecule has 1 aromatic heterocycles. The first-order valence-electron chi connectivity index (χ1n) is 12.5. The van der Waals surface area contributed by atoms with Gasteiger partial charge in [0.15, 0.2) is 16.7 Å². The summed E-state index contributed by atoms with van der Waals surface area (Å²) in [7, 11) is 2.10. The molecule has 4 rings (SSSR count). The molecule has 3 heterocycles. The monoisotopic (exact) mass is 555 g/mol. The van der Waals surface area contributed by atoms with Crippen molar-refractivity contribution in [3.05, 3.63) is 40.3 Å². The average Bonchev–Trinajstić information content (AvgIpc) is 2.83. The summed E-state index contributed by atoms with van der Waals surface area (Å²) >= 11 is 6.14. The Hall–Kier alpha value is -2.67. The van der Waals surface area contributed by atoms with Crippen molar-refractivity contribution in [2.24, 2.45) is 5.73 Å². The van der Waals surface area contributed by atoms with Gasteiger partial charge in [0.05, 0.1) is 5.56 Å². The minimum absolute atomic E-state index is 0.0391. The van der Waals surface area contributed by atoms with E-state index in [9.17, 15) is 23.1 Å². The third kappa shape index (κ3) is 6.31. The molecular formula is C25H33ClF3N7O2. The molecule has 0 bridgehead atoms. The van der Waals surface area contributed by atoms with E-state index in [0.717, 1.165) is 45.1 Å². The number of nitrogens with zero attached hydrogens (tertiary/aromatic N) is 5. The van der Waals surface area contributed by atoms with Crippen LogP contribution in [-0.2, 0) is 11.8 Å². The molecule has 0 unspecified atom stereocenters. The van der Waals surface area contributed by atoms with Crippen molar-refractivity contribution in [3.8, 4) is 0 Å². The Kier molecular flexibility index (Phi) is 8.08. The first-order chi connectivity index (χ1) is 17.7. The SMILES string of the molecule is CN1CCN(C2CCN(c3ccc(Nc4nc(Cl)c(C(C)(C)O)nc4C(N)=O)cc3C(F)(F)F)CC2)CC1. The second-order valence-corrected chi connectivity index (χ2v) is 10.8. The number of anilines is 3. The van der Waals surface area contributed by atoms with Crippen LogP contribution in [0.1, 0.15) is 48.4 Å². The van der Waals surface area contributed by atoms with Gasteiger partial charge in [0, 0.05) is 56.7 Å². The van der Waals surface area contributed by atoms with Gasteiger partial charge in [0.2, 0.25) is 0 Å². The minimum atomic E-state index is -4.61. The lowest BCUT2D eigenvalue weighted by molar-refractivity contribution is -0.137. The molecule has 2 aromatic rings. The zero-order valence-corrected chi connectivity index (χ0v) is 22.4. The van der Waals surface area contributed by atoms with Crippen molar-refractivity contribution in [2.45, 2.75) is 44.5 Å². The van der Waals surface area contributed by atoms with E-state index in [4.69, 9.17) is 17.3 Å². The Labute approximate surface area is 224 Å². The van der Waals surface area contributed by atoms with Crippen molar-refractivity contribution in [3.63, 3.8) is 0 Å². The minimum Gasteiger partial charge on any atom is -0.384 e. The maximum atomic E-state index is 14.2. The van der Waals surface area contributed by atoms with Crippen LogP contribution in [0.4, 0.5) is 30.4 Å². The molecule has 2 fully saturated rings. The molecule has 2 saturated heterocycles. The molecule has 0 atom stereocenters. The van der Waals surface area contributed by atoms with Crippen LogP contribution in [0, 0.1) is 0 Å². The van der Waals surface area contributed by atoms with Crippen LogP contribution in [0.25, 0.3) is 0 Å². The second-order valence-electron chi connectivity index (χ2n) is 10.4. The van der Waals surface area contributed by atoms with E-state index in [-0.39, 0.29) is 33.7 Å². The Morgan fingerprint density at radius 3 is 2.29 bits per heavy atom. The fraction of sp³-hybridized carbons (Fsp3) is 0.560. The quantitative estimate of drug-likeness (QED) is 0.497. The number of piperidine rings is 1. The molecule has 208 valence electrons. The molecule has 1 aromatic carbocycles. The van der Waals surface area contributed by atoms with Crippen molar-refractivity contribution in [2.75, 3.05) is 56.5 Å². The van der Waals surface area contributed by atoms with E-state index >= 15 is 0 Å². The highest BCUT2D eigenvalue weighted by Gasteiger charge is 2.37. The number of aliphatic hydroxyl groups is 1. The van der Waals surface area contributed by atoms with Gasteiger partial charge in [-0.15, -0.1) is 0 Å². The van der Waals surface area contributed by atoms with E-state index in [1.54, 1.807) is 4.90 Å². The van der Waals surface area contributed by atoms with Gasteiger partial charge in [-0.2, -0.15) is 13.2 Å². The number of rotatable bonds is 6. The van der Waals surface area contributed by atoms with Crippen LogP contribution in [0.15, 0.2) is 18.2 Å². The largest absolute Gasteiger partial charge is 0.418 e. The molecule has 0 aliphatic carbocycles. The summed E-state index contributed by atoms with van der Waals surface area (Å²) in [6.07, 6.45) is -3.02. The van der Waals surface area contributed by atoms with E-state index in [1.165, 1.54) is 26.0 Å². The van der Waals surface area contributed by atoms with Crippen LogP contribution in [0.3, 0.4) is 0 Å². The number of amides is 1. The molecular weight excluding hydrogens is 523 g/mol. The van der Waals surface area contributed by atoms with Crippen molar-refractivity contribution < 1.29 is 23.1 Å². The predicted molar refractivity (Wildman–Crippen MR) is 140 cm³/mol. The number of benzene rings is 1. The maximum absolute atomic E-state index is 14.2. The standard InChI is InChI=1S/C25H33ClF3N7O2/c1-24(2,38)20-21(26)33-23(19(32-20)22(30)37)31-15-4-5-18(17(14-15)25(27,28)29)36-8-6-16(7-9-36)35-12-10-34(3)11-13-35/h4-5,14,16,38H,6-13H2,1-3H3,(H2,30,37)(H,31,33). The maximum Gasteiger partial charge on any atom is 0.418 e. The van der Waals surface area contributed by atoms with Gasteiger partial charge in [0.25, 0.3) is 5.91 Å². The third-order valence-electron chi connectivity index (χ3n) is 7.09. The van der Waals surface area contributed by atoms with Crippen LogP contribution in [-0.4, -0.2) is 83.1 Å². The Morgan fingerprint density at radius 2 is 1.74 bits per heavy atom. The third-order valence-corrected chi connectivity index (χ3v) is 7.35. The molecule has 13 heteroatoms. The van der Waals surface area contributed by atoms with Crippen molar-refractivity contribution in [1.29, 1.82) is 0 Å². The molecule has 1 amide bonds. The fourth-order valence-corrected chi connectivity index (χ4v) is 5.33. The van der Waals surface area contributed by atoms with Gasteiger partial charge < -0.3 is 26.0 Å². The van der Waals surface area contributed by atoms with Gasteiger partial charge in [0.1, 0.15) is 11.3 Å². The molecule has 0 radical (unpaired) electrons. The fourth-order valence-electron chi connectivity index (χ4n) is 4.98. The number of carbonyl (C=O) groups is 1. The predicted octanol–water partition coefficient (Wildman–Crippen LogP) is 3.43. The summed E-state index contributed by atoms with van der Waals surface area (Å²) in [5.41, 5.74) is 2.82. The highest BCUT2D eigenvalue weighted by molar-refractivity contribution is 6.30. The lowest BCUT2D eigenvalue weighted by atomic mass is 10.00. The number of hydrogen-bond acceptors (Lipinski definition) is 8. The number of carbonyl (C=O) groups excluding carboxylic acids is 1. The summed E-state index contributed by atoms with van der Waals surface area (Å²) in [6, 6.07) is 4.26. The first kappa shape index (κ1) is 28.3. The zero-order valence-electron chi connectivity index (χ0n) is 21.6. The van der Waals surface area contributed by atoms with E-state index in [1.807, 2.05) is 0 Å². The Bertz CT molecular complexity index is 1170. The van der Waals surface area contributed by atoms with Crippen molar-refractivity contribution in [1.82, 2.24) is 19.8 Å². The number of alkyl halides is 3. The summed E-state index contributed by atoms with van der Waals surface area (Å²) in [5, 5.41) is 12.7. The summed E-state index contributed by atoms with van der Waals surface area (Å²) in [4.78, 5) is 26.6. The number of nitrogens with one attached hydrogen (secondary N) is 1. The number of hydrogen-bond donors (Lipinski definition) is 3. The highest BCUT2D eigenvalue weighted by Crippen LogP contribution is 2.40. The van der Waals surface area contributed by atoms with Gasteiger partial charge in [-0.05, 0) is 51.9 Å². The number of primary amides is 1. The number of aromatic nitrogens is 2. The van der Waals surface area contributed by atoms with Crippen molar-refractivity contribution >= 4 is 34.7 Å². The van der Waals surface area contributed by atoms with Crippen LogP contribution >= 0.6 is 11.6 Å². The van der Waals surface area contributed by atoms with Gasteiger partial charge in [-0.25, -0.2) is 9.97 Å². The normalized spacial score (nSPS) is 18.6. The summed E-state index contributed by atoms with van der Waals surface area (Å²) in [6.45, 7) is 7.82. The van der Waals surface area contributed by atoms with Crippen LogP contribution in [0.5, 0.6) is 0 Å². The number of likely N-dealkylation sites (N-methyl/N-ethyl adjacent to an activating group) is 1. The smallest absolute Gasteiger partial charge is 0.384 e. The zero-order chi connectivity index (χ0) is 27.8. The molecule has 0 spiro atoms. The second kappa shape index (κ2) is 10.8. The lowest BCUT2D eigenvalue weighted by Crippen LogP contribution is -2.52. The Balaban J connectivity index is 1.57. The van der Waals surface area contributed by atoms with Crippen LogP contribution in [0.2, 0.25) is 5.15 Å². The summed E-state index contributed by atoms with van der Waals surface area (Å²) < 4.78 is 42.5. The van der Waals surface area contributed by atoms with E-state index < -0.39 is 23.2 Å².